The maximum absolute atomic E-state index is 11.9. The highest BCUT2D eigenvalue weighted by atomic mass is 16.3. The normalized spacial score (nSPS) is 10.7. The highest BCUT2D eigenvalue weighted by Gasteiger charge is 2.14. The summed E-state index contributed by atoms with van der Waals surface area (Å²) < 4.78 is 5.80. The number of nitrogens with two attached hydrogens (primary N) is 1. The van der Waals surface area contributed by atoms with Gasteiger partial charge in [-0.3, -0.25) is 9.59 Å². The minimum absolute atomic E-state index is 0.0582. The minimum Gasteiger partial charge on any atom is -0.455 e. The summed E-state index contributed by atoms with van der Waals surface area (Å²) in [5, 5.41) is 0.810. The number of carbonyl (C=O) groups excluding carboxylic acids is 2. The topological polar surface area (TPSA) is 76.5 Å². The van der Waals surface area contributed by atoms with Crippen LogP contribution < -0.4 is 5.73 Å². The van der Waals surface area contributed by atoms with Crippen molar-refractivity contribution in [3.8, 4) is 11.3 Å². The van der Waals surface area contributed by atoms with E-state index < -0.39 is 5.91 Å². The number of nitrogens with zero attached hydrogens (tertiary/aromatic N) is 1. The molecule has 23 heavy (non-hydrogen) atoms. The molecule has 1 heterocycles. The van der Waals surface area contributed by atoms with Gasteiger partial charge in [0.15, 0.2) is 0 Å². The van der Waals surface area contributed by atoms with Crippen molar-refractivity contribution < 1.29 is 14.0 Å². The quantitative estimate of drug-likeness (QED) is 0.808. The Balaban J connectivity index is 2.02. The fourth-order valence-corrected chi connectivity index (χ4v) is 2.43. The first-order valence-corrected chi connectivity index (χ1v) is 7.12. The Hall–Kier alpha value is -3.08. The zero-order valence-electron chi connectivity index (χ0n) is 12.9. The van der Waals surface area contributed by atoms with Crippen LogP contribution in [0.1, 0.15) is 20.7 Å². The van der Waals surface area contributed by atoms with Crippen molar-refractivity contribution in [3.05, 3.63) is 59.7 Å². The summed E-state index contributed by atoms with van der Waals surface area (Å²) in [6, 6.07) is 14.2. The molecule has 0 radical (unpaired) electrons. The molecule has 1 aromatic heterocycles. The highest BCUT2D eigenvalue weighted by molar-refractivity contribution is 6.04. The second-order valence-electron chi connectivity index (χ2n) is 5.48. The van der Waals surface area contributed by atoms with Crippen LogP contribution in [0.5, 0.6) is 0 Å². The van der Waals surface area contributed by atoms with Crippen LogP contribution in [0.2, 0.25) is 0 Å². The van der Waals surface area contributed by atoms with E-state index >= 15 is 0 Å². The number of primary amides is 1. The van der Waals surface area contributed by atoms with Gasteiger partial charge in [0.25, 0.3) is 11.8 Å². The van der Waals surface area contributed by atoms with Gasteiger partial charge in [-0.2, -0.15) is 0 Å². The third kappa shape index (κ3) is 2.68. The van der Waals surface area contributed by atoms with Crippen molar-refractivity contribution >= 4 is 22.8 Å². The Kier molecular flexibility index (Phi) is 3.62. The van der Waals surface area contributed by atoms with Gasteiger partial charge in [0.2, 0.25) is 0 Å². The summed E-state index contributed by atoms with van der Waals surface area (Å²) in [4.78, 5) is 24.9. The predicted molar refractivity (Wildman–Crippen MR) is 88.2 cm³/mol. The number of furan rings is 1. The summed E-state index contributed by atoms with van der Waals surface area (Å²) in [6.07, 6.45) is 0. The van der Waals surface area contributed by atoms with Crippen molar-refractivity contribution in [3.63, 3.8) is 0 Å². The lowest BCUT2D eigenvalue weighted by Gasteiger charge is -2.10. The van der Waals surface area contributed by atoms with Gasteiger partial charge in [-0.05, 0) is 24.3 Å². The highest BCUT2D eigenvalue weighted by Crippen LogP contribution is 2.30. The second kappa shape index (κ2) is 5.61. The molecule has 0 fully saturated rings. The van der Waals surface area contributed by atoms with Crippen LogP contribution in [0.3, 0.4) is 0 Å². The first kappa shape index (κ1) is 14.8. The first-order chi connectivity index (χ1) is 11.0. The van der Waals surface area contributed by atoms with E-state index in [0.717, 1.165) is 10.9 Å². The Labute approximate surface area is 133 Å². The van der Waals surface area contributed by atoms with E-state index in [9.17, 15) is 9.59 Å². The third-order valence-electron chi connectivity index (χ3n) is 3.63. The molecule has 2 amide bonds. The largest absolute Gasteiger partial charge is 0.455 e. The van der Waals surface area contributed by atoms with Gasteiger partial charge in [0, 0.05) is 30.6 Å². The summed E-state index contributed by atoms with van der Waals surface area (Å²) in [6.45, 7) is 0. The molecule has 3 rings (SSSR count). The van der Waals surface area contributed by atoms with E-state index in [4.69, 9.17) is 10.2 Å². The molecule has 2 aromatic carbocycles. The number of benzene rings is 2. The molecule has 0 aliphatic heterocycles. The zero-order chi connectivity index (χ0) is 16.6. The molecule has 0 saturated carbocycles. The number of hydrogen-bond donors (Lipinski definition) is 1. The molecule has 3 aromatic rings. The van der Waals surface area contributed by atoms with E-state index in [-0.39, 0.29) is 5.91 Å². The lowest BCUT2D eigenvalue weighted by Crippen LogP contribution is -2.21. The van der Waals surface area contributed by atoms with Gasteiger partial charge >= 0.3 is 0 Å². The van der Waals surface area contributed by atoms with Crippen LogP contribution in [0.15, 0.2) is 52.9 Å². The van der Waals surface area contributed by atoms with Crippen LogP contribution in [0.25, 0.3) is 22.3 Å². The molecule has 5 nitrogen and oxygen atoms in total. The summed E-state index contributed by atoms with van der Waals surface area (Å²) in [5.41, 5.74) is 7.63. The van der Waals surface area contributed by atoms with E-state index in [1.54, 1.807) is 38.4 Å². The number of para-hydroxylation sites is 1. The molecular formula is C18H16N2O3. The monoisotopic (exact) mass is 308 g/mol. The molecule has 2 N–H and O–H groups in total. The van der Waals surface area contributed by atoms with E-state index in [1.807, 2.05) is 24.3 Å². The molecule has 0 aliphatic rings. The standard InChI is InChI=1S/C18H16N2O3/c1-20(2)18(22)12-8-6-11(7-9-12)15-10-13-4-3-5-14(17(19)21)16(13)23-15/h3-10H,1-2H3,(H2,19,21). The Morgan fingerprint density at radius 2 is 1.74 bits per heavy atom. The van der Waals surface area contributed by atoms with E-state index in [0.29, 0.717) is 22.5 Å². The van der Waals surface area contributed by atoms with Gasteiger partial charge in [-0.25, -0.2) is 0 Å². The summed E-state index contributed by atoms with van der Waals surface area (Å²) in [5.74, 6) is 0.0400. The number of hydrogen-bond acceptors (Lipinski definition) is 3. The molecule has 0 aliphatic carbocycles. The zero-order valence-corrected chi connectivity index (χ0v) is 12.9. The van der Waals surface area contributed by atoms with Gasteiger partial charge in [0.1, 0.15) is 11.3 Å². The average Bonchev–Trinajstić information content (AvgIpc) is 2.97. The van der Waals surface area contributed by atoms with Gasteiger partial charge in [-0.15, -0.1) is 0 Å². The molecule has 0 saturated heterocycles. The number of carbonyl (C=O) groups is 2. The third-order valence-corrected chi connectivity index (χ3v) is 3.63. The van der Waals surface area contributed by atoms with Crippen LogP contribution in [-0.4, -0.2) is 30.8 Å². The second-order valence-corrected chi connectivity index (χ2v) is 5.48. The SMILES string of the molecule is CN(C)C(=O)c1ccc(-c2cc3cccc(C(N)=O)c3o2)cc1. The lowest BCUT2D eigenvalue weighted by molar-refractivity contribution is 0.0827. The van der Waals surface area contributed by atoms with Crippen LogP contribution in [0, 0.1) is 0 Å². The van der Waals surface area contributed by atoms with Crippen LogP contribution >= 0.6 is 0 Å². The van der Waals surface area contributed by atoms with Gasteiger partial charge in [0.05, 0.1) is 5.56 Å². The fraction of sp³-hybridized carbons (Fsp3) is 0.111. The molecule has 0 unspecified atom stereocenters. The van der Waals surface area contributed by atoms with E-state index in [2.05, 4.69) is 0 Å². The smallest absolute Gasteiger partial charge is 0.253 e. The maximum atomic E-state index is 11.9. The average molecular weight is 308 g/mol. The predicted octanol–water partition coefficient (Wildman–Crippen LogP) is 2.90. The Morgan fingerprint density at radius 1 is 1.04 bits per heavy atom. The molecule has 0 spiro atoms. The van der Waals surface area contributed by atoms with E-state index in [1.165, 1.54) is 4.90 Å². The molecular weight excluding hydrogens is 292 g/mol. The molecule has 0 atom stereocenters. The molecule has 116 valence electrons. The Morgan fingerprint density at radius 3 is 2.35 bits per heavy atom. The van der Waals surface area contributed by atoms with Crippen molar-refractivity contribution in [1.82, 2.24) is 4.90 Å². The van der Waals surface area contributed by atoms with Crippen LogP contribution in [0.4, 0.5) is 0 Å². The van der Waals surface area contributed by atoms with Crippen molar-refractivity contribution in [2.75, 3.05) is 14.1 Å². The minimum atomic E-state index is -0.525. The van der Waals surface area contributed by atoms with Crippen molar-refractivity contribution in [2.45, 2.75) is 0 Å². The summed E-state index contributed by atoms with van der Waals surface area (Å²) >= 11 is 0. The Bertz CT molecular complexity index is 892. The number of fused-ring (bicyclic) bond motifs is 1. The molecule has 5 heteroatoms. The van der Waals surface area contributed by atoms with Crippen molar-refractivity contribution in [1.29, 1.82) is 0 Å². The summed E-state index contributed by atoms with van der Waals surface area (Å²) in [7, 11) is 3.42. The fourth-order valence-electron chi connectivity index (χ4n) is 2.43. The number of amides is 2. The number of rotatable bonds is 3. The maximum Gasteiger partial charge on any atom is 0.253 e. The van der Waals surface area contributed by atoms with Crippen LogP contribution in [-0.2, 0) is 0 Å². The van der Waals surface area contributed by atoms with Gasteiger partial charge < -0.3 is 15.1 Å². The van der Waals surface area contributed by atoms with Crippen molar-refractivity contribution in [2.24, 2.45) is 5.73 Å². The lowest BCUT2D eigenvalue weighted by atomic mass is 10.1. The first-order valence-electron chi connectivity index (χ1n) is 7.12. The molecule has 0 bridgehead atoms. The van der Waals surface area contributed by atoms with Gasteiger partial charge in [-0.1, -0.05) is 24.3 Å².